The average Bonchev–Trinajstić information content (AvgIpc) is 3.28. The lowest BCUT2D eigenvalue weighted by Gasteiger charge is -2.17. The van der Waals surface area contributed by atoms with Gasteiger partial charge in [-0.15, -0.1) is 0 Å². The molecule has 1 heterocycles. The minimum absolute atomic E-state index is 0.00513. The van der Waals surface area contributed by atoms with E-state index in [-0.39, 0.29) is 17.0 Å². The molecule has 0 atom stereocenters. The van der Waals surface area contributed by atoms with Gasteiger partial charge in [-0.3, -0.25) is 15.1 Å². The number of ether oxygens (including phenoxy) is 1. The second kappa shape index (κ2) is 10.7. The topological polar surface area (TPSA) is 165 Å². The van der Waals surface area contributed by atoms with E-state index in [0.29, 0.717) is 35.4 Å². The van der Waals surface area contributed by atoms with Gasteiger partial charge < -0.3 is 25.9 Å². The van der Waals surface area contributed by atoms with E-state index in [9.17, 15) is 19.5 Å². The second-order valence-corrected chi connectivity index (χ2v) is 9.05. The van der Waals surface area contributed by atoms with Gasteiger partial charge in [-0.25, -0.2) is 9.59 Å². The summed E-state index contributed by atoms with van der Waals surface area (Å²) in [4.78, 5) is 37.6. The molecule has 3 amide bonds. The third-order valence-electron chi connectivity index (χ3n) is 6.74. The molecule has 10 nitrogen and oxygen atoms in total. The van der Waals surface area contributed by atoms with Crippen LogP contribution in [0.2, 0.25) is 0 Å². The highest BCUT2D eigenvalue weighted by molar-refractivity contribution is 6.05. The van der Waals surface area contributed by atoms with Crippen LogP contribution >= 0.6 is 0 Å². The molecule has 10 heteroatoms. The monoisotopic (exact) mass is 527 g/mol. The molecule has 0 radical (unpaired) electrons. The van der Waals surface area contributed by atoms with Gasteiger partial charge in [-0.05, 0) is 65.6 Å². The molecule has 39 heavy (non-hydrogen) atoms. The summed E-state index contributed by atoms with van der Waals surface area (Å²) in [7, 11) is 2.73. The Morgan fingerprint density at radius 1 is 0.974 bits per heavy atom. The van der Waals surface area contributed by atoms with Gasteiger partial charge in [0.15, 0.2) is 0 Å². The fourth-order valence-electron chi connectivity index (χ4n) is 4.61. The molecule has 4 rings (SSSR count). The van der Waals surface area contributed by atoms with E-state index in [4.69, 9.17) is 21.6 Å². The molecule has 0 bridgehead atoms. The zero-order valence-corrected chi connectivity index (χ0v) is 21.8. The maximum Gasteiger partial charge on any atom is 0.336 e. The van der Waals surface area contributed by atoms with Crippen molar-refractivity contribution in [2.45, 2.75) is 19.9 Å². The number of amidine groups is 1. The van der Waals surface area contributed by atoms with Crippen LogP contribution in [0, 0.1) is 5.41 Å². The number of rotatable bonds is 8. The number of nitrogens with one attached hydrogen (secondary N) is 1. The fraction of sp³-hybridized carbons (Fsp3) is 0.172. The summed E-state index contributed by atoms with van der Waals surface area (Å²) in [6.45, 7) is 2.71. The number of benzene rings is 3. The van der Waals surface area contributed by atoms with Crippen molar-refractivity contribution in [3.8, 4) is 16.9 Å². The Morgan fingerprint density at radius 2 is 1.69 bits per heavy atom. The highest BCUT2D eigenvalue weighted by atomic mass is 16.5. The Labute approximate surface area is 224 Å². The molecule has 0 unspecified atom stereocenters. The van der Waals surface area contributed by atoms with Crippen molar-refractivity contribution in [1.29, 1.82) is 5.41 Å². The Balaban J connectivity index is 1.92. The Hall–Kier alpha value is -5.12. The molecule has 0 aliphatic carbocycles. The van der Waals surface area contributed by atoms with E-state index in [1.807, 2.05) is 25.3 Å². The summed E-state index contributed by atoms with van der Waals surface area (Å²) in [5, 5.41) is 18.8. The number of carbonyl (C=O) groups is 3. The first-order valence-electron chi connectivity index (χ1n) is 12.1. The maximum absolute atomic E-state index is 12.9. The van der Waals surface area contributed by atoms with Crippen LogP contribution in [0.25, 0.3) is 22.0 Å². The number of nitrogens with two attached hydrogens (primary N) is 2. The molecular weight excluding hydrogens is 498 g/mol. The van der Waals surface area contributed by atoms with Crippen LogP contribution in [0.4, 0.5) is 4.79 Å². The van der Waals surface area contributed by atoms with Crippen LogP contribution in [0.1, 0.15) is 44.3 Å². The highest BCUT2D eigenvalue weighted by Gasteiger charge is 2.22. The quantitative estimate of drug-likeness (QED) is 0.199. The summed E-state index contributed by atoms with van der Waals surface area (Å²) in [6, 6.07) is 14.3. The summed E-state index contributed by atoms with van der Waals surface area (Å²) in [5.41, 5.74) is 15.4. The number of primary amides is 1. The predicted molar refractivity (Wildman–Crippen MR) is 149 cm³/mol. The number of aromatic nitrogens is 1. The number of aryl methyl sites for hydroxylation is 1. The largest absolute Gasteiger partial charge is 0.497 e. The van der Waals surface area contributed by atoms with Crippen molar-refractivity contribution < 1.29 is 24.2 Å². The summed E-state index contributed by atoms with van der Waals surface area (Å²) < 4.78 is 7.29. The lowest BCUT2D eigenvalue weighted by Crippen LogP contribution is -2.37. The molecule has 0 saturated carbocycles. The number of hydrogen-bond donors (Lipinski definition) is 4. The van der Waals surface area contributed by atoms with Gasteiger partial charge in [0.25, 0.3) is 5.91 Å². The lowest BCUT2D eigenvalue weighted by atomic mass is 9.90. The number of imide groups is 1. The number of amides is 3. The number of methoxy groups -OCH3 is 1. The lowest BCUT2D eigenvalue weighted by molar-refractivity contribution is 0.0696. The SMILES string of the molecule is CCn1cc(Cc2ccc(C(=O)N(C)C(N)=O)cc2-c2ccc(OC)cc2C(=O)O)c2ccc(C(=N)N)cc21. The number of carboxylic acid groups (broad SMARTS) is 1. The van der Waals surface area contributed by atoms with Gasteiger partial charge in [0.1, 0.15) is 11.6 Å². The minimum Gasteiger partial charge on any atom is -0.497 e. The van der Waals surface area contributed by atoms with Crippen LogP contribution < -0.4 is 16.2 Å². The van der Waals surface area contributed by atoms with Crippen LogP contribution in [0.3, 0.4) is 0 Å². The van der Waals surface area contributed by atoms with Gasteiger partial charge in [0.05, 0.1) is 12.7 Å². The molecule has 6 N–H and O–H groups in total. The Kier molecular flexibility index (Phi) is 7.39. The van der Waals surface area contributed by atoms with Crippen molar-refractivity contribution in [3.63, 3.8) is 0 Å². The number of carbonyl (C=O) groups excluding carboxylic acids is 2. The van der Waals surface area contributed by atoms with Crippen LogP contribution in [-0.4, -0.2) is 52.5 Å². The number of nitrogens with zero attached hydrogens (tertiary/aromatic N) is 2. The van der Waals surface area contributed by atoms with E-state index in [1.54, 1.807) is 36.4 Å². The summed E-state index contributed by atoms with van der Waals surface area (Å²) >= 11 is 0. The van der Waals surface area contributed by atoms with Gasteiger partial charge in [0, 0.05) is 48.2 Å². The van der Waals surface area contributed by atoms with Crippen molar-refractivity contribution >= 4 is 34.6 Å². The molecule has 0 spiro atoms. The number of hydrogen-bond acceptors (Lipinski definition) is 5. The molecule has 0 aliphatic heterocycles. The van der Waals surface area contributed by atoms with E-state index in [2.05, 4.69) is 4.57 Å². The molecule has 4 aromatic rings. The number of fused-ring (bicyclic) bond motifs is 1. The van der Waals surface area contributed by atoms with Crippen molar-refractivity contribution in [2.24, 2.45) is 11.5 Å². The van der Waals surface area contributed by atoms with Crippen molar-refractivity contribution in [3.05, 3.63) is 88.6 Å². The number of nitrogen functional groups attached to an aromatic ring is 1. The van der Waals surface area contributed by atoms with Gasteiger partial charge in [-0.1, -0.05) is 18.2 Å². The average molecular weight is 528 g/mol. The molecule has 0 fully saturated rings. The highest BCUT2D eigenvalue weighted by Crippen LogP contribution is 2.34. The molecule has 200 valence electrons. The first kappa shape index (κ1) is 26.9. The van der Waals surface area contributed by atoms with E-state index < -0.39 is 17.9 Å². The van der Waals surface area contributed by atoms with Gasteiger partial charge in [-0.2, -0.15) is 0 Å². The Bertz CT molecular complexity index is 1640. The third kappa shape index (κ3) is 5.17. The van der Waals surface area contributed by atoms with E-state index >= 15 is 0 Å². The van der Waals surface area contributed by atoms with E-state index in [0.717, 1.165) is 26.9 Å². The number of urea groups is 1. The van der Waals surface area contributed by atoms with Crippen LogP contribution in [0.5, 0.6) is 5.75 Å². The van der Waals surface area contributed by atoms with Gasteiger partial charge in [0.2, 0.25) is 0 Å². The van der Waals surface area contributed by atoms with Crippen molar-refractivity contribution in [1.82, 2.24) is 9.47 Å². The first-order valence-corrected chi connectivity index (χ1v) is 12.1. The van der Waals surface area contributed by atoms with Crippen molar-refractivity contribution in [2.75, 3.05) is 14.2 Å². The summed E-state index contributed by atoms with van der Waals surface area (Å²) in [6.07, 6.45) is 2.44. The fourth-order valence-corrected chi connectivity index (χ4v) is 4.61. The summed E-state index contributed by atoms with van der Waals surface area (Å²) in [5.74, 6) is -1.41. The molecule has 0 aliphatic rings. The Morgan fingerprint density at radius 3 is 2.31 bits per heavy atom. The zero-order chi connectivity index (χ0) is 28.4. The molecule has 1 aromatic heterocycles. The van der Waals surface area contributed by atoms with Crippen LogP contribution in [-0.2, 0) is 13.0 Å². The first-order chi connectivity index (χ1) is 18.5. The normalized spacial score (nSPS) is 10.8. The number of carboxylic acids is 1. The van der Waals surface area contributed by atoms with Gasteiger partial charge >= 0.3 is 12.0 Å². The second-order valence-electron chi connectivity index (χ2n) is 9.05. The third-order valence-corrected chi connectivity index (χ3v) is 6.74. The maximum atomic E-state index is 12.9. The van der Waals surface area contributed by atoms with Crippen LogP contribution in [0.15, 0.2) is 60.8 Å². The van der Waals surface area contributed by atoms with E-state index in [1.165, 1.54) is 20.2 Å². The molecule has 3 aromatic carbocycles. The minimum atomic E-state index is -1.15. The molecular formula is C29H29N5O5. The number of aromatic carboxylic acids is 1. The zero-order valence-electron chi connectivity index (χ0n) is 21.8. The predicted octanol–water partition coefficient (Wildman–Crippen LogP) is 4.06. The molecule has 0 saturated heterocycles. The smallest absolute Gasteiger partial charge is 0.336 e. The standard InChI is InChI=1S/C29H29N5O5/c1-4-34-15-19(21-9-7-17(26(30)31)13-25(21)34)11-16-5-6-18(27(35)33(2)29(32)38)12-23(16)22-10-8-20(39-3)14-24(22)28(36)37/h5-10,12-15H,4,11H2,1-3H3,(H3,30,31)(H2,32,38)(H,36,37).